The van der Waals surface area contributed by atoms with Gasteiger partial charge in [0.05, 0.1) is 13.2 Å². The zero-order valence-corrected chi connectivity index (χ0v) is 10.2. The maximum absolute atomic E-state index is 12.0. The van der Waals surface area contributed by atoms with Gasteiger partial charge in [0.15, 0.2) is 0 Å². The Balaban J connectivity index is 1.86. The summed E-state index contributed by atoms with van der Waals surface area (Å²) in [6.07, 6.45) is 3.40. The molecule has 1 amide bonds. The van der Waals surface area contributed by atoms with E-state index in [-0.39, 0.29) is 18.6 Å². The van der Waals surface area contributed by atoms with E-state index in [4.69, 9.17) is 0 Å². The lowest BCUT2D eigenvalue weighted by Gasteiger charge is -2.26. The van der Waals surface area contributed by atoms with E-state index in [9.17, 15) is 9.90 Å². The van der Waals surface area contributed by atoms with E-state index in [2.05, 4.69) is 11.8 Å². The van der Waals surface area contributed by atoms with Gasteiger partial charge in [-0.3, -0.25) is 9.69 Å². The van der Waals surface area contributed by atoms with Crippen molar-refractivity contribution in [3.8, 4) is 0 Å². The number of carbonyl (C=O) groups is 1. The molecule has 2 aliphatic rings. The Morgan fingerprint density at radius 3 is 2.69 bits per heavy atom. The fourth-order valence-electron chi connectivity index (χ4n) is 2.53. The van der Waals surface area contributed by atoms with Crippen LogP contribution in [-0.4, -0.2) is 59.6 Å². The van der Waals surface area contributed by atoms with Crippen molar-refractivity contribution in [2.75, 3.05) is 26.7 Å². The number of carbonyl (C=O) groups excluding carboxylic acids is 1. The maximum atomic E-state index is 12.0. The summed E-state index contributed by atoms with van der Waals surface area (Å²) >= 11 is 0. The number of nitrogens with zero attached hydrogens (tertiary/aromatic N) is 2. The number of hydrogen-bond acceptors (Lipinski definition) is 3. The monoisotopic (exact) mass is 226 g/mol. The largest absolute Gasteiger partial charge is 0.395 e. The van der Waals surface area contributed by atoms with Crippen molar-refractivity contribution >= 4 is 5.91 Å². The van der Waals surface area contributed by atoms with Crippen molar-refractivity contribution in [3.05, 3.63) is 0 Å². The molecule has 16 heavy (non-hydrogen) atoms. The van der Waals surface area contributed by atoms with Crippen LogP contribution >= 0.6 is 0 Å². The van der Waals surface area contributed by atoms with Crippen molar-refractivity contribution < 1.29 is 9.90 Å². The number of likely N-dealkylation sites (tertiary alicyclic amines) is 1. The first-order valence-corrected chi connectivity index (χ1v) is 6.24. The molecule has 1 saturated heterocycles. The van der Waals surface area contributed by atoms with E-state index in [1.807, 2.05) is 11.9 Å². The lowest BCUT2D eigenvalue weighted by Crippen LogP contribution is -2.43. The summed E-state index contributed by atoms with van der Waals surface area (Å²) in [4.78, 5) is 16.0. The molecule has 2 rings (SSSR count). The van der Waals surface area contributed by atoms with Crippen molar-refractivity contribution in [2.45, 2.75) is 38.3 Å². The third-order valence-electron chi connectivity index (χ3n) is 4.01. The van der Waals surface area contributed by atoms with Gasteiger partial charge in [-0.15, -0.1) is 0 Å². The molecule has 1 aliphatic heterocycles. The standard InChI is InChI=1S/C12H22N2O2/c1-9-5-6-14(11(9)8-15)7-12(16)13(2)10-3-4-10/h9-11,15H,3-8H2,1-2H3. The van der Waals surface area contributed by atoms with Crippen LogP contribution in [0.1, 0.15) is 26.2 Å². The van der Waals surface area contributed by atoms with Gasteiger partial charge < -0.3 is 10.0 Å². The Bertz CT molecular complexity index is 266. The zero-order chi connectivity index (χ0) is 11.7. The van der Waals surface area contributed by atoms with Crippen LogP contribution in [0, 0.1) is 5.92 Å². The molecule has 0 bridgehead atoms. The predicted octanol–water partition coefficient (Wildman–Crippen LogP) is 0.310. The molecular weight excluding hydrogens is 204 g/mol. The lowest BCUT2D eigenvalue weighted by atomic mass is 10.0. The van der Waals surface area contributed by atoms with E-state index < -0.39 is 0 Å². The highest BCUT2D eigenvalue weighted by Gasteiger charge is 2.35. The summed E-state index contributed by atoms with van der Waals surface area (Å²) < 4.78 is 0. The third-order valence-corrected chi connectivity index (χ3v) is 4.01. The molecule has 92 valence electrons. The SMILES string of the molecule is CC1CCN(CC(=O)N(C)C2CC2)C1CO. The van der Waals surface area contributed by atoms with Crippen molar-refractivity contribution in [1.82, 2.24) is 9.80 Å². The van der Waals surface area contributed by atoms with E-state index in [1.165, 1.54) is 0 Å². The van der Waals surface area contributed by atoms with E-state index in [0.717, 1.165) is 25.8 Å². The summed E-state index contributed by atoms with van der Waals surface area (Å²) in [5.41, 5.74) is 0. The highest BCUT2D eigenvalue weighted by molar-refractivity contribution is 5.78. The molecule has 2 fully saturated rings. The molecular formula is C12H22N2O2. The smallest absolute Gasteiger partial charge is 0.236 e. The topological polar surface area (TPSA) is 43.8 Å². The van der Waals surface area contributed by atoms with Gasteiger partial charge in [0.1, 0.15) is 0 Å². The fourth-order valence-corrected chi connectivity index (χ4v) is 2.53. The second-order valence-corrected chi connectivity index (χ2v) is 5.22. The summed E-state index contributed by atoms with van der Waals surface area (Å²) in [5.74, 6) is 0.707. The zero-order valence-electron chi connectivity index (χ0n) is 10.2. The Morgan fingerprint density at radius 2 is 2.12 bits per heavy atom. The first-order chi connectivity index (χ1) is 7.63. The number of rotatable bonds is 4. The van der Waals surface area contributed by atoms with Crippen molar-refractivity contribution in [3.63, 3.8) is 0 Å². The molecule has 1 aliphatic carbocycles. The van der Waals surface area contributed by atoms with Crippen LogP contribution in [-0.2, 0) is 4.79 Å². The lowest BCUT2D eigenvalue weighted by molar-refractivity contribution is -0.132. The highest BCUT2D eigenvalue weighted by Crippen LogP contribution is 2.27. The van der Waals surface area contributed by atoms with Crippen LogP contribution in [0.25, 0.3) is 0 Å². The molecule has 1 saturated carbocycles. The first-order valence-electron chi connectivity index (χ1n) is 6.24. The van der Waals surface area contributed by atoms with Gasteiger partial charge >= 0.3 is 0 Å². The quantitative estimate of drug-likeness (QED) is 0.750. The number of aliphatic hydroxyl groups is 1. The number of aliphatic hydroxyl groups excluding tert-OH is 1. The van der Waals surface area contributed by atoms with Crippen LogP contribution in [0.3, 0.4) is 0 Å². The molecule has 4 heteroatoms. The summed E-state index contributed by atoms with van der Waals surface area (Å²) in [7, 11) is 1.90. The molecule has 1 N–H and O–H groups in total. The van der Waals surface area contributed by atoms with Gasteiger partial charge in [0.2, 0.25) is 5.91 Å². The molecule has 0 radical (unpaired) electrons. The van der Waals surface area contributed by atoms with Gasteiger partial charge in [-0.05, 0) is 31.7 Å². The highest BCUT2D eigenvalue weighted by atomic mass is 16.3. The van der Waals surface area contributed by atoms with Gasteiger partial charge in [-0.1, -0.05) is 6.92 Å². The van der Waals surface area contributed by atoms with Crippen LogP contribution in [0.4, 0.5) is 0 Å². The Hall–Kier alpha value is -0.610. The maximum Gasteiger partial charge on any atom is 0.236 e. The second-order valence-electron chi connectivity index (χ2n) is 5.22. The van der Waals surface area contributed by atoms with Crippen LogP contribution in [0.15, 0.2) is 0 Å². The first kappa shape index (κ1) is 11.9. The summed E-state index contributed by atoms with van der Waals surface area (Å²) in [6, 6.07) is 0.664. The molecule has 1 heterocycles. The van der Waals surface area contributed by atoms with E-state index in [1.54, 1.807) is 0 Å². The average molecular weight is 226 g/mol. The molecule has 0 aromatic rings. The summed E-state index contributed by atoms with van der Waals surface area (Å²) in [5, 5.41) is 9.31. The van der Waals surface area contributed by atoms with E-state index in [0.29, 0.717) is 18.5 Å². The Labute approximate surface area is 97.2 Å². The Morgan fingerprint density at radius 1 is 1.44 bits per heavy atom. The minimum absolute atomic E-state index is 0.168. The minimum atomic E-state index is 0.168. The van der Waals surface area contributed by atoms with Gasteiger partial charge in [0.25, 0.3) is 0 Å². The predicted molar refractivity (Wildman–Crippen MR) is 62.0 cm³/mol. The molecule has 0 aromatic carbocycles. The molecule has 2 unspecified atom stereocenters. The number of hydrogen-bond donors (Lipinski definition) is 1. The second kappa shape index (κ2) is 4.72. The van der Waals surface area contributed by atoms with Gasteiger partial charge in [-0.25, -0.2) is 0 Å². The van der Waals surface area contributed by atoms with Crippen molar-refractivity contribution in [1.29, 1.82) is 0 Å². The average Bonchev–Trinajstić information content (AvgIpc) is 3.04. The van der Waals surface area contributed by atoms with Crippen LogP contribution in [0.2, 0.25) is 0 Å². The third kappa shape index (κ3) is 2.38. The molecule has 2 atom stereocenters. The van der Waals surface area contributed by atoms with Gasteiger partial charge in [-0.2, -0.15) is 0 Å². The Kier molecular flexibility index (Phi) is 3.50. The molecule has 4 nitrogen and oxygen atoms in total. The normalized spacial score (nSPS) is 30.7. The van der Waals surface area contributed by atoms with E-state index >= 15 is 0 Å². The number of likely N-dealkylation sites (N-methyl/N-ethyl adjacent to an activating group) is 1. The van der Waals surface area contributed by atoms with Crippen LogP contribution in [0.5, 0.6) is 0 Å². The fraction of sp³-hybridized carbons (Fsp3) is 0.917. The van der Waals surface area contributed by atoms with Crippen LogP contribution < -0.4 is 0 Å². The molecule has 0 spiro atoms. The summed E-state index contributed by atoms with van der Waals surface area (Å²) in [6.45, 7) is 3.73. The minimum Gasteiger partial charge on any atom is -0.395 e. The van der Waals surface area contributed by atoms with Gasteiger partial charge in [0, 0.05) is 19.1 Å². The van der Waals surface area contributed by atoms with Crippen molar-refractivity contribution in [2.24, 2.45) is 5.92 Å². The number of amides is 1. The molecule has 0 aromatic heterocycles.